The molecule has 0 spiro atoms. The third-order valence-electron chi connectivity index (χ3n) is 5.52. The summed E-state index contributed by atoms with van der Waals surface area (Å²) in [5.74, 6) is 0.611. The van der Waals surface area contributed by atoms with Crippen molar-refractivity contribution in [3.05, 3.63) is 57.7 Å². The van der Waals surface area contributed by atoms with Crippen LogP contribution in [0, 0.1) is 25.5 Å². The lowest BCUT2D eigenvalue weighted by Gasteiger charge is -2.35. The van der Waals surface area contributed by atoms with Crippen LogP contribution in [0.5, 0.6) is 0 Å². The molecule has 0 fully saturated rings. The van der Waals surface area contributed by atoms with E-state index in [9.17, 15) is 4.39 Å². The Morgan fingerprint density at radius 2 is 1.86 bits per heavy atom. The van der Waals surface area contributed by atoms with E-state index in [2.05, 4.69) is 36.4 Å². The summed E-state index contributed by atoms with van der Waals surface area (Å²) in [5, 5.41) is 12.6. The van der Waals surface area contributed by atoms with Crippen molar-refractivity contribution in [1.82, 2.24) is 19.7 Å². The molecule has 2 aromatic heterocycles. The zero-order valence-electron chi connectivity index (χ0n) is 16.3. The minimum absolute atomic E-state index is 0.350. The molecule has 0 saturated carbocycles. The molecule has 0 bridgehead atoms. The number of halogens is 3. The molecule has 1 aliphatic heterocycles. The molecule has 0 aliphatic carbocycles. The van der Waals surface area contributed by atoms with Crippen LogP contribution >= 0.6 is 15.9 Å². The van der Waals surface area contributed by atoms with E-state index in [1.54, 1.807) is 6.20 Å². The van der Waals surface area contributed by atoms with Crippen molar-refractivity contribution >= 4 is 32.5 Å². The monoisotopic (exact) mass is 457 g/mol. The summed E-state index contributed by atoms with van der Waals surface area (Å²) in [4.78, 5) is 3.13. The van der Waals surface area contributed by atoms with E-state index in [4.69, 9.17) is 0 Å². The average molecular weight is 458 g/mol. The minimum Gasteiger partial charge on any atom is -0.371 e. The second-order valence-corrected chi connectivity index (χ2v) is 8.78. The maximum Gasteiger partial charge on any atom is 0.162 e. The topological polar surface area (TPSA) is 58.5 Å². The Morgan fingerprint density at radius 1 is 1.10 bits per heavy atom. The van der Waals surface area contributed by atoms with E-state index < -0.39 is 17.2 Å². The first-order valence-electron chi connectivity index (χ1n) is 9.19. The summed E-state index contributed by atoms with van der Waals surface area (Å²) in [6, 6.07) is 4.26. The summed E-state index contributed by atoms with van der Waals surface area (Å²) >= 11 is 3.42. The van der Waals surface area contributed by atoms with Gasteiger partial charge >= 0.3 is 0 Å². The Kier molecular flexibility index (Phi) is 3.71. The lowest BCUT2D eigenvalue weighted by molar-refractivity contribution is 0.532. The normalized spacial score (nSPS) is 14.6. The first-order chi connectivity index (χ1) is 13.7. The molecule has 0 saturated heterocycles. The van der Waals surface area contributed by atoms with Gasteiger partial charge < -0.3 is 10.3 Å². The predicted molar refractivity (Wildman–Crippen MR) is 112 cm³/mol. The molecule has 0 radical (unpaired) electrons. The van der Waals surface area contributed by atoms with Gasteiger partial charge in [0.2, 0.25) is 0 Å². The van der Waals surface area contributed by atoms with Crippen molar-refractivity contribution in [3.8, 4) is 16.8 Å². The molecule has 0 amide bonds. The molecule has 5 rings (SSSR count). The van der Waals surface area contributed by atoms with Gasteiger partial charge in [-0.2, -0.15) is 0 Å². The molecule has 0 unspecified atom stereocenters. The molecule has 29 heavy (non-hydrogen) atoms. The number of nitrogens with one attached hydrogen (secondary N) is 2. The zero-order valence-corrected chi connectivity index (χ0v) is 17.9. The lowest BCUT2D eigenvalue weighted by atomic mass is 9.92. The summed E-state index contributed by atoms with van der Waals surface area (Å²) in [6.07, 6.45) is 1.73. The molecule has 8 heteroatoms. The Balaban J connectivity index is 1.88. The van der Waals surface area contributed by atoms with Crippen molar-refractivity contribution in [2.75, 3.05) is 5.32 Å². The van der Waals surface area contributed by atoms with Gasteiger partial charge in [0.05, 0.1) is 22.4 Å². The van der Waals surface area contributed by atoms with Gasteiger partial charge in [-0.15, -0.1) is 10.2 Å². The van der Waals surface area contributed by atoms with Crippen molar-refractivity contribution < 1.29 is 8.78 Å². The van der Waals surface area contributed by atoms with Gasteiger partial charge in [-0.1, -0.05) is 0 Å². The van der Waals surface area contributed by atoms with Gasteiger partial charge in [-0.05, 0) is 67.4 Å². The molecule has 2 N–H and O–H groups in total. The van der Waals surface area contributed by atoms with Crippen LogP contribution in [0.3, 0.4) is 0 Å². The van der Waals surface area contributed by atoms with Crippen molar-refractivity contribution in [1.29, 1.82) is 0 Å². The number of nitrogens with zero attached hydrogens (tertiary/aromatic N) is 3. The highest BCUT2D eigenvalue weighted by molar-refractivity contribution is 9.10. The fourth-order valence-corrected chi connectivity index (χ4v) is 4.70. The highest BCUT2D eigenvalue weighted by Crippen LogP contribution is 2.44. The summed E-state index contributed by atoms with van der Waals surface area (Å²) in [6.45, 7) is 7.66. The van der Waals surface area contributed by atoms with Gasteiger partial charge in [-0.25, -0.2) is 8.78 Å². The van der Waals surface area contributed by atoms with Gasteiger partial charge in [0.1, 0.15) is 17.5 Å². The maximum absolute atomic E-state index is 15.4. The van der Waals surface area contributed by atoms with E-state index in [-0.39, 0.29) is 0 Å². The smallest absolute Gasteiger partial charge is 0.162 e. The molecule has 1 aliphatic rings. The fraction of sp³-hybridized carbons (Fsp3) is 0.238. The Bertz CT molecular complexity index is 1320. The number of aromatic nitrogens is 4. The highest BCUT2D eigenvalue weighted by Gasteiger charge is 2.36. The summed E-state index contributed by atoms with van der Waals surface area (Å²) < 4.78 is 32.5. The van der Waals surface area contributed by atoms with Gasteiger partial charge in [0, 0.05) is 27.2 Å². The quantitative estimate of drug-likeness (QED) is 0.383. The molecule has 0 atom stereocenters. The number of rotatable bonds is 1. The maximum atomic E-state index is 15.4. The SMILES string of the molecule is Cc1c(-c2cc(F)cc3c(Br)c[nH]c23)c(F)cc2c1-n1c(C)nnc1C(C)(C)N2. The molecule has 2 aromatic carbocycles. The molecule has 3 heterocycles. The van der Waals surface area contributed by atoms with Crippen LogP contribution < -0.4 is 5.32 Å². The number of anilines is 1. The van der Waals surface area contributed by atoms with Crippen LogP contribution in [-0.2, 0) is 5.54 Å². The van der Waals surface area contributed by atoms with Crippen LogP contribution in [0.2, 0.25) is 0 Å². The fourth-order valence-electron chi connectivity index (χ4n) is 4.27. The number of hydrogen-bond donors (Lipinski definition) is 2. The van der Waals surface area contributed by atoms with Crippen molar-refractivity contribution in [2.24, 2.45) is 0 Å². The van der Waals surface area contributed by atoms with Crippen LogP contribution in [-0.4, -0.2) is 19.7 Å². The lowest BCUT2D eigenvalue weighted by Crippen LogP contribution is -2.36. The standard InChI is InChI=1S/C21H18BrF2N5/c1-9-17(13-6-11(23)5-12-14(22)8-25-18(12)13)15(24)7-16-19(9)29-10(2)27-28-20(29)21(3,4)26-16/h5-8,25-26H,1-4H3. The highest BCUT2D eigenvalue weighted by atomic mass is 79.9. The van der Waals surface area contributed by atoms with Crippen LogP contribution in [0.15, 0.2) is 28.9 Å². The van der Waals surface area contributed by atoms with Crippen LogP contribution in [0.1, 0.15) is 31.1 Å². The van der Waals surface area contributed by atoms with Crippen LogP contribution in [0.4, 0.5) is 14.5 Å². The van der Waals surface area contributed by atoms with Crippen molar-refractivity contribution in [2.45, 2.75) is 33.2 Å². The number of fused-ring (bicyclic) bond motifs is 4. The molecule has 148 valence electrons. The van der Waals surface area contributed by atoms with Crippen LogP contribution in [0.25, 0.3) is 27.7 Å². The Labute approximate surface area is 174 Å². The van der Waals surface area contributed by atoms with Gasteiger partial charge in [0.25, 0.3) is 0 Å². The average Bonchev–Trinajstić information content (AvgIpc) is 3.19. The Morgan fingerprint density at radius 3 is 2.62 bits per heavy atom. The predicted octanol–water partition coefficient (Wildman–Crippen LogP) is 5.73. The number of aryl methyl sites for hydroxylation is 1. The van der Waals surface area contributed by atoms with Crippen molar-refractivity contribution in [3.63, 3.8) is 0 Å². The molecule has 5 nitrogen and oxygen atoms in total. The number of benzene rings is 2. The summed E-state index contributed by atoms with van der Waals surface area (Å²) in [5.41, 5.74) is 3.11. The second-order valence-electron chi connectivity index (χ2n) is 7.92. The largest absolute Gasteiger partial charge is 0.371 e. The van der Waals surface area contributed by atoms with Gasteiger partial charge in [-0.3, -0.25) is 4.57 Å². The van der Waals surface area contributed by atoms with E-state index in [0.29, 0.717) is 39.1 Å². The van der Waals surface area contributed by atoms with E-state index in [1.165, 1.54) is 18.2 Å². The van der Waals surface area contributed by atoms with E-state index in [0.717, 1.165) is 16.0 Å². The van der Waals surface area contributed by atoms with Gasteiger partial charge in [0.15, 0.2) is 5.82 Å². The third-order valence-corrected chi connectivity index (χ3v) is 6.18. The second kappa shape index (κ2) is 5.89. The Hall–Kier alpha value is -2.74. The molecular weight excluding hydrogens is 440 g/mol. The minimum atomic E-state index is -0.509. The number of hydrogen-bond acceptors (Lipinski definition) is 3. The summed E-state index contributed by atoms with van der Waals surface area (Å²) in [7, 11) is 0. The number of H-pyrrole nitrogens is 1. The third kappa shape index (κ3) is 2.48. The van der Waals surface area contributed by atoms with E-state index in [1.807, 2.05) is 32.3 Å². The first-order valence-corrected chi connectivity index (χ1v) is 9.99. The molecule has 4 aromatic rings. The number of aromatic amines is 1. The zero-order chi connectivity index (χ0) is 20.7. The first kappa shape index (κ1) is 18.3. The molecular formula is C21H18BrF2N5. The van der Waals surface area contributed by atoms with E-state index >= 15 is 4.39 Å².